The van der Waals surface area contributed by atoms with Gasteiger partial charge in [0, 0.05) is 16.4 Å². The molecule has 1 atom stereocenters. The number of fused-ring (bicyclic) bond motifs is 1. The van der Waals surface area contributed by atoms with Crippen molar-refractivity contribution in [2.75, 3.05) is 11.5 Å². The molecule has 1 aliphatic heterocycles. The fourth-order valence-corrected chi connectivity index (χ4v) is 4.20. The number of hydrogen-bond acceptors (Lipinski definition) is 5. The summed E-state index contributed by atoms with van der Waals surface area (Å²) in [5.74, 6) is 1.78. The zero-order valence-electron chi connectivity index (χ0n) is 10.4. The Morgan fingerprint density at radius 3 is 2.95 bits per heavy atom. The molecule has 0 spiro atoms. The van der Waals surface area contributed by atoms with Crippen LogP contribution in [0.1, 0.15) is 11.7 Å². The standard InChI is InChI=1S/C13H13N3OS2/c1-9-12(17)16-10(8-19-13(16)15-14-9)7-18-11-5-3-2-4-6-11/h2-6,10H,7-8H2,1H3/t10-/m0/s1. The molecule has 1 aliphatic rings. The fraction of sp³-hybridized carbons (Fsp3) is 0.308. The van der Waals surface area contributed by atoms with E-state index in [0.29, 0.717) is 5.69 Å². The van der Waals surface area contributed by atoms with Gasteiger partial charge in [-0.3, -0.25) is 9.36 Å². The summed E-state index contributed by atoms with van der Waals surface area (Å²) in [6.07, 6.45) is 0. The van der Waals surface area contributed by atoms with Crippen LogP contribution in [-0.2, 0) is 0 Å². The van der Waals surface area contributed by atoms with E-state index < -0.39 is 0 Å². The third kappa shape index (κ3) is 2.55. The summed E-state index contributed by atoms with van der Waals surface area (Å²) < 4.78 is 1.79. The second kappa shape index (κ2) is 5.38. The van der Waals surface area contributed by atoms with Gasteiger partial charge in [0.05, 0.1) is 6.04 Å². The van der Waals surface area contributed by atoms with Gasteiger partial charge in [0.25, 0.3) is 5.56 Å². The highest BCUT2D eigenvalue weighted by atomic mass is 32.2. The third-order valence-electron chi connectivity index (χ3n) is 2.98. The predicted molar refractivity (Wildman–Crippen MR) is 78.0 cm³/mol. The van der Waals surface area contributed by atoms with Crippen LogP contribution in [0.5, 0.6) is 0 Å². The highest BCUT2D eigenvalue weighted by Gasteiger charge is 2.26. The molecule has 0 saturated heterocycles. The fourth-order valence-electron chi connectivity index (χ4n) is 1.97. The lowest BCUT2D eigenvalue weighted by Gasteiger charge is -2.12. The predicted octanol–water partition coefficient (Wildman–Crippen LogP) is 2.39. The highest BCUT2D eigenvalue weighted by molar-refractivity contribution is 8.00. The Morgan fingerprint density at radius 1 is 1.37 bits per heavy atom. The maximum absolute atomic E-state index is 12.1. The molecule has 2 aromatic rings. The first-order chi connectivity index (χ1) is 9.25. The van der Waals surface area contributed by atoms with Gasteiger partial charge in [0.15, 0.2) is 5.16 Å². The second-order valence-electron chi connectivity index (χ2n) is 4.33. The van der Waals surface area contributed by atoms with E-state index in [-0.39, 0.29) is 11.6 Å². The van der Waals surface area contributed by atoms with Crippen LogP contribution in [0.25, 0.3) is 0 Å². The van der Waals surface area contributed by atoms with Crippen molar-refractivity contribution in [1.82, 2.24) is 14.8 Å². The third-order valence-corrected chi connectivity index (χ3v) is 5.22. The molecular weight excluding hydrogens is 278 g/mol. The maximum Gasteiger partial charge on any atom is 0.276 e. The Bertz CT molecular complexity index is 642. The minimum absolute atomic E-state index is 0.00587. The van der Waals surface area contributed by atoms with Crippen LogP contribution in [0.4, 0.5) is 0 Å². The highest BCUT2D eigenvalue weighted by Crippen LogP contribution is 2.33. The van der Waals surface area contributed by atoms with Crippen molar-refractivity contribution in [1.29, 1.82) is 0 Å². The largest absolute Gasteiger partial charge is 0.280 e. The molecule has 0 saturated carbocycles. The van der Waals surface area contributed by atoms with E-state index in [9.17, 15) is 4.79 Å². The lowest BCUT2D eigenvalue weighted by Crippen LogP contribution is -2.28. The SMILES string of the molecule is Cc1nnc2n(c1=O)[C@@H](CSc1ccccc1)CS2. The number of aryl methyl sites for hydroxylation is 1. The van der Waals surface area contributed by atoms with Crippen molar-refractivity contribution >= 4 is 23.5 Å². The summed E-state index contributed by atoms with van der Waals surface area (Å²) in [6, 6.07) is 10.4. The molecule has 0 aliphatic carbocycles. The molecule has 1 aromatic carbocycles. The van der Waals surface area contributed by atoms with E-state index in [1.54, 1.807) is 35.0 Å². The van der Waals surface area contributed by atoms with Gasteiger partial charge in [0.2, 0.25) is 0 Å². The minimum Gasteiger partial charge on any atom is -0.280 e. The van der Waals surface area contributed by atoms with Crippen LogP contribution in [-0.4, -0.2) is 26.3 Å². The quantitative estimate of drug-likeness (QED) is 0.813. The van der Waals surface area contributed by atoms with Gasteiger partial charge < -0.3 is 0 Å². The number of rotatable bonds is 3. The molecular formula is C13H13N3OS2. The normalized spacial score (nSPS) is 17.4. The Labute approximate surface area is 119 Å². The van der Waals surface area contributed by atoms with Gasteiger partial charge in [-0.2, -0.15) is 0 Å². The molecule has 0 radical (unpaired) electrons. The van der Waals surface area contributed by atoms with Crippen LogP contribution >= 0.6 is 23.5 Å². The molecule has 0 N–H and O–H groups in total. The first-order valence-corrected chi connectivity index (χ1v) is 7.99. The van der Waals surface area contributed by atoms with E-state index in [2.05, 4.69) is 22.3 Å². The Kier molecular flexibility index (Phi) is 3.61. The molecule has 0 amide bonds. The zero-order chi connectivity index (χ0) is 13.2. The molecule has 1 aromatic heterocycles. The van der Waals surface area contributed by atoms with Gasteiger partial charge in [-0.15, -0.1) is 22.0 Å². The van der Waals surface area contributed by atoms with Gasteiger partial charge >= 0.3 is 0 Å². The van der Waals surface area contributed by atoms with Crippen LogP contribution in [0.2, 0.25) is 0 Å². The summed E-state index contributed by atoms with van der Waals surface area (Å²) >= 11 is 3.38. The molecule has 98 valence electrons. The van der Waals surface area contributed by atoms with E-state index in [0.717, 1.165) is 16.7 Å². The number of nitrogens with zero attached hydrogens (tertiary/aromatic N) is 3. The van der Waals surface area contributed by atoms with Crippen molar-refractivity contribution in [3.8, 4) is 0 Å². The van der Waals surface area contributed by atoms with E-state index >= 15 is 0 Å². The number of hydrogen-bond donors (Lipinski definition) is 0. The van der Waals surface area contributed by atoms with Gasteiger partial charge in [-0.25, -0.2) is 0 Å². The van der Waals surface area contributed by atoms with E-state index in [1.807, 2.05) is 18.2 Å². The summed E-state index contributed by atoms with van der Waals surface area (Å²) in [6.45, 7) is 1.72. The summed E-state index contributed by atoms with van der Waals surface area (Å²) in [5, 5.41) is 8.73. The first kappa shape index (κ1) is 12.7. The van der Waals surface area contributed by atoms with Crippen molar-refractivity contribution < 1.29 is 0 Å². The lowest BCUT2D eigenvalue weighted by atomic mass is 10.3. The first-order valence-electron chi connectivity index (χ1n) is 6.02. The molecule has 19 heavy (non-hydrogen) atoms. The van der Waals surface area contributed by atoms with Gasteiger partial charge in [-0.1, -0.05) is 30.0 Å². The lowest BCUT2D eigenvalue weighted by molar-refractivity contribution is 0.526. The molecule has 3 rings (SSSR count). The zero-order valence-corrected chi connectivity index (χ0v) is 12.1. The van der Waals surface area contributed by atoms with Crippen molar-refractivity contribution in [2.24, 2.45) is 0 Å². The Morgan fingerprint density at radius 2 is 2.16 bits per heavy atom. The molecule has 4 nitrogen and oxygen atoms in total. The second-order valence-corrected chi connectivity index (χ2v) is 6.41. The average molecular weight is 291 g/mol. The number of benzene rings is 1. The minimum atomic E-state index is -0.00587. The average Bonchev–Trinajstić information content (AvgIpc) is 2.86. The molecule has 6 heteroatoms. The summed E-state index contributed by atoms with van der Waals surface area (Å²) in [7, 11) is 0. The van der Waals surface area contributed by atoms with Gasteiger partial charge in [-0.05, 0) is 19.1 Å². The summed E-state index contributed by atoms with van der Waals surface area (Å²) in [4.78, 5) is 13.3. The van der Waals surface area contributed by atoms with Gasteiger partial charge in [0.1, 0.15) is 5.69 Å². The molecule has 2 heterocycles. The van der Waals surface area contributed by atoms with Crippen molar-refractivity contribution in [2.45, 2.75) is 23.0 Å². The summed E-state index contributed by atoms with van der Waals surface area (Å²) in [5.41, 5.74) is 0.467. The molecule has 0 unspecified atom stereocenters. The smallest absolute Gasteiger partial charge is 0.276 e. The molecule has 0 fully saturated rings. The Hall–Kier alpha value is -1.27. The van der Waals surface area contributed by atoms with Crippen molar-refractivity contribution in [3.05, 3.63) is 46.4 Å². The van der Waals surface area contributed by atoms with Crippen LogP contribution < -0.4 is 5.56 Å². The van der Waals surface area contributed by atoms with E-state index in [1.165, 1.54) is 4.90 Å². The van der Waals surface area contributed by atoms with E-state index in [4.69, 9.17) is 0 Å². The monoisotopic (exact) mass is 291 g/mol. The topological polar surface area (TPSA) is 47.8 Å². The van der Waals surface area contributed by atoms with Crippen LogP contribution in [0, 0.1) is 6.92 Å². The maximum atomic E-state index is 12.1. The molecule has 0 bridgehead atoms. The Balaban J connectivity index is 1.80. The van der Waals surface area contributed by atoms with Crippen molar-refractivity contribution in [3.63, 3.8) is 0 Å². The number of thioether (sulfide) groups is 2. The van der Waals surface area contributed by atoms with Crippen LogP contribution in [0.15, 0.2) is 45.2 Å². The van der Waals surface area contributed by atoms with Crippen LogP contribution in [0.3, 0.4) is 0 Å². The number of aromatic nitrogens is 3.